The van der Waals surface area contributed by atoms with Crippen LogP contribution in [0.1, 0.15) is 51.9 Å². The van der Waals surface area contributed by atoms with E-state index in [0.717, 1.165) is 17.8 Å². The molecule has 104 valence electrons. The normalized spacial score (nSPS) is 49.7. The van der Waals surface area contributed by atoms with E-state index in [4.69, 9.17) is 5.73 Å². The van der Waals surface area contributed by atoms with Crippen molar-refractivity contribution in [2.75, 3.05) is 6.54 Å². The van der Waals surface area contributed by atoms with Crippen LogP contribution in [0.4, 0.5) is 0 Å². The van der Waals surface area contributed by atoms with Gasteiger partial charge >= 0.3 is 0 Å². The molecule has 3 aliphatic rings. The molecule has 3 heteroatoms. The molecular weight excluding hydrogens is 222 g/mol. The van der Waals surface area contributed by atoms with Gasteiger partial charge in [-0.25, -0.2) is 0 Å². The highest BCUT2D eigenvalue weighted by Gasteiger charge is 2.40. The number of hydrogen-bond donors (Lipinski definition) is 3. The second-order valence-corrected chi connectivity index (χ2v) is 6.93. The van der Waals surface area contributed by atoms with Crippen molar-refractivity contribution in [3.8, 4) is 0 Å². The van der Waals surface area contributed by atoms with Crippen molar-refractivity contribution < 1.29 is 0 Å². The number of piperidine rings is 2. The van der Waals surface area contributed by atoms with Crippen LogP contribution in [0, 0.1) is 17.8 Å². The molecule has 3 nitrogen and oxygen atoms in total. The lowest BCUT2D eigenvalue weighted by molar-refractivity contribution is 0.0681. The number of nitrogens with one attached hydrogen (secondary N) is 2. The summed E-state index contributed by atoms with van der Waals surface area (Å²) in [5, 5.41) is 7.42. The zero-order valence-corrected chi connectivity index (χ0v) is 11.7. The average Bonchev–Trinajstić information content (AvgIpc) is 2.40. The van der Waals surface area contributed by atoms with E-state index in [-0.39, 0.29) is 6.17 Å². The summed E-state index contributed by atoms with van der Waals surface area (Å²) in [7, 11) is 0. The Morgan fingerprint density at radius 1 is 1.00 bits per heavy atom. The summed E-state index contributed by atoms with van der Waals surface area (Å²) >= 11 is 0. The first kappa shape index (κ1) is 12.9. The van der Waals surface area contributed by atoms with Crippen LogP contribution < -0.4 is 16.4 Å². The fourth-order valence-corrected chi connectivity index (χ4v) is 4.49. The van der Waals surface area contributed by atoms with Crippen molar-refractivity contribution in [1.29, 1.82) is 0 Å². The molecule has 0 aromatic rings. The highest BCUT2D eigenvalue weighted by Crippen LogP contribution is 2.40. The lowest BCUT2D eigenvalue weighted by atomic mass is 9.68. The molecule has 3 rings (SSSR count). The smallest absolute Gasteiger partial charge is 0.0580 e. The molecule has 0 radical (unpaired) electrons. The predicted molar refractivity (Wildman–Crippen MR) is 75.2 cm³/mol. The molecule has 4 N–H and O–H groups in total. The van der Waals surface area contributed by atoms with Gasteiger partial charge in [0.1, 0.15) is 0 Å². The van der Waals surface area contributed by atoms with Crippen LogP contribution in [-0.4, -0.2) is 24.8 Å². The Balaban J connectivity index is 1.63. The summed E-state index contributed by atoms with van der Waals surface area (Å²) in [5.74, 6) is 2.49. The minimum absolute atomic E-state index is 0.236. The Hall–Kier alpha value is -0.120. The molecule has 0 spiro atoms. The summed E-state index contributed by atoms with van der Waals surface area (Å²) in [6.07, 6.45) is 9.81. The molecule has 3 fully saturated rings. The number of hydrogen-bond acceptors (Lipinski definition) is 3. The Morgan fingerprint density at radius 2 is 1.89 bits per heavy atom. The molecule has 18 heavy (non-hydrogen) atoms. The molecule has 6 unspecified atom stereocenters. The highest BCUT2D eigenvalue weighted by molar-refractivity contribution is 4.97. The fourth-order valence-electron chi connectivity index (χ4n) is 4.49. The largest absolute Gasteiger partial charge is 0.316 e. The van der Waals surface area contributed by atoms with Gasteiger partial charge in [0.25, 0.3) is 0 Å². The van der Waals surface area contributed by atoms with E-state index in [2.05, 4.69) is 17.6 Å². The third-order valence-electron chi connectivity index (χ3n) is 5.57. The second kappa shape index (κ2) is 5.48. The third-order valence-corrected chi connectivity index (χ3v) is 5.57. The first-order valence-corrected chi connectivity index (χ1v) is 7.99. The fraction of sp³-hybridized carbons (Fsp3) is 1.00. The summed E-state index contributed by atoms with van der Waals surface area (Å²) in [4.78, 5) is 0. The molecule has 2 saturated heterocycles. The van der Waals surface area contributed by atoms with E-state index >= 15 is 0 Å². The van der Waals surface area contributed by atoms with Crippen LogP contribution >= 0.6 is 0 Å². The summed E-state index contributed by atoms with van der Waals surface area (Å²) in [5.41, 5.74) is 6.41. The monoisotopic (exact) mass is 251 g/mol. The Labute approximate surface area is 111 Å². The van der Waals surface area contributed by atoms with Gasteiger partial charge < -0.3 is 11.1 Å². The zero-order chi connectivity index (χ0) is 12.5. The molecule has 6 atom stereocenters. The molecule has 2 aliphatic heterocycles. The van der Waals surface area contributed by atoms with Gasteiger partial charge in [0.2, 0.25) is 0 Å². The first-order valence-electron chi connectivity index (χ1n) is 7.99. The number of nitrogens with two attached hydrogens (primary N) is 1. The summed E-state index contributed by atoms with van der Waals surface area (Å²) < 4.78 is 0. The van der Waals surface area contributed by atoms with Gasteiger partial charge in [0, 0.05) is 12.1 Å². The van der Waals surface area contributed by atoms with E-state index in [1.807, 2.05) is 0 Å². The Kier molecular flexibility index (Phi) is 3.92. The van der Waals surface area contributed by atoms with Gasteiger partial charge in [-0.3, -0.25) is 5.32 Å². The van der Waals surface area contributed by atoms with Crippen molar-refractivity contribution in [2.45, 2.75) is 70.1 Å². The van der Waals surface area contributed by atoms with E-state index in [1.165, 1.54) is 51.5 Å². The maximum atomic E-state index is 6.41. The Morgan fingerprint density at radius 3 is 2.67 bits per heavy atom. The van der Waals surface area contributed by atoms with Gasteiger partial charge in [-0.15, -0.1) is 0 Å². The van der Waals surface area contributed by atoms with Crippen molar-refractivity contribution in [1.82, 2.24) is 10.6 Å². The van der Waals surface area contributed by atoms with E-state index < -0.39 is 0 Å². The minimum Gasteiger partial charge on any atom is -0.316 e. The van der Waals surface area contributed by atoms with Crippen molar-refractivity contribution in [2.24, 2.45) is 23.5 Å². The molecule has 0 amide bonds. The van der Waals surface area contributed by atoms with Gasteiger partial charge in [-0.05, 0) is 56.4 Å². The molecule has 1 saturated carbocycles. The SMILES string of the molecule is CC1CCC2CC(C3CCCCN3)NC(N)C2C1. The van der Waals surface area contributed by atoms with Crippen LogP contribution in [0.5, 0.6) is 0 Å². The molecule has 0 bridgehead atoms. The van der Waals surface area contributed by atoms with Gasteiger partial charge in [-0.1, -0.05) is 19.8 Å². The standard InChI is InChI=1S/C15H29N3/c1-10-5-6-11-9-14(13-4-2-3-7-17-13)18-15(16)12(11)8-10/h10-15,17-18H,2-9,16H2,1H3. The molecule has 0 aromatic carbocycles. The summed E-state index contributed by atoms with van der Waals surface area (Å²) in [6, 6.07) is 1.29. The first-order chi connectivity index (χ1) is 8.74. The van der Waals surface area contributed by atoms with Gasteiger partial charge in [0.05, 0.1) is 6.17 Å². The van der Waals surface area contributed by atoms with E-state index in [9.17, 15) is 0 Å². The maximum Gasteiger partial charge on any atom is 0.0580 e. The number of fused-ring (bicyclic) bond motifs is 1. The van der Waals surface area contributed by atoms with E-state index in [0.29, 0.717) is 12.1 Å². The minimum atomic E-state index is 0.236. The van der Waals surface area contributed by atoms with Gasteiger partial charge in [0.15, 0.2) is 0 Å². The van der Waals surface area contributed by atoms with Gasteiger partial charge in [-0.2, -0.15) is 0 Å². The molecule has 1 aliphatic carbocycles. The van der Waals surface area contributed by atoms with Crippen LogP contribution in [0.25, 0.3) is 0 Å². The summed E-state index contributed by atoms with van der Waals surface area (Å²) in [6.45, 7) is 3.58. The Bertz CT molecular complexity index is 275. The molecule has 0 aromatic heterocycles. The molecule has 2 heterocycles. The van der Waals surface area contributed by atoms with Crippen LogP contribution in [0.3, 0.4) is 0 Å². The quantitative estimate of drug-likeness (QED) is 0.666. The zero-order valence-electron chi connectivity index (χ0n) is 11.7. The lowest BCUT2D eigenvalue weighted by Crippen LogP contribution is -2.63. The van der Waals surface area contributed by atoms with Crippen molar-refractivity contribution in [3.63, 3.8) is 0 Å². The third kappa shape index (κ3) is 2.59. The van der Waals surface area contributed by atoms with Crippen molar-refractivity contribution in [3.05, 3.63) is 0 Å². The van der Waals surface area contributed by atoms with Crippen LogP contribution in [0.15, 0.2) is 0 Å². The topological polar surface area (TPSA) is 50.1 Å². The lowest BCUT2D eigenvalue weighted by Gasteiger charge is -2.48. The second-order valence-electron chi connectivity index (χ2n) is 6.93. The van der Waals surface area contributed by atoms with E-state index in [1.54, 1.807) is 0 Å². The molecular formula is C15H29N3. The van der Waals surface area contributed by atoms with Crippen molar-refractivity contribution >= 4 is 0 Å². The highest BCUT2D eigenvalue weighted by atomic mass is 15.1. The average molecular weight is 251 g/mol. The van der Waals surface area contributed by atoms with Crippen LogP contribution in [-0.2, 0) is 0 Å². The maximum absolute atomic E-state index is 6.41. The number of rotatable bonds is 1. The van der Waals surface area contributed by atoms with Crippen LogP contribution in [0.2, 0.25) is 0 Å². The predicted octanol–water partition coefficient (Wildman–Crippen LogP) is 1.83.